The molecule has 0 aliphatic heterocycles. The van der Waals surface area contributed by atoms with E-state index in [1.807, 2.05) is 0 Å². The maximum atomic E-state index is 3.63. The molecule has 1 aromatic rings. The molecule has 15 heavy (non-hydrogen) atoms. The molecule has 0 amide bonds. The van der Waals surface area contributed by atoms with Gasteiger partial charge in [-0.05, 0) is 25.3 Å². The second-order valence-electron chi connectivity index (χ2n) is 3.81. The molecule has 0 aliphatic carbocycles. The lowest BCUT2D eigenvalue weighted by molar-refractivity contribution is 0.432. The van der Waals surface area contributed by atoms with Gasteiger partial charge in [-0.1, -0.05) is 44.2 Å². The molecule has 1 nitrogen and oxygen atoms in total. The fraction of sp³-hybridized carbons (Fsp3) is 0.538. The molecule has 1 aromatic carbocycles. The predicted molar refractivity (Wildman–Crippen MR) is 69.6 cm³/mol. The van der Waals surface area contributed by atoms with Crippen molar-refractivity contribution in [2.75, 3.05) is 0 Å². The number of rotatable bonds is 5. The zero-order valence-electron chi connectivity index (χ0n) is 9.86. The Balaban J connectivity index is 0.00000196. The molecular weight excluding hydrogens is 206 g/mol. The molecule has 0 saturated heterocycles. The maximum Gasteiger partial charge on any atom is 0.0294 e. The van der Waals surface area contributed by atoms with E-state index in [1.54, 1.807) is 0 Å². The molecule has 86 valence electrons. The van der Waals surface area contributed by atoms with Crippen molar-refractivity contribution in [3.63, 3.8) is 0 Å². The third-order valence-corrected chi connectivity index (χ3v) is 2.77. The van der Waals surface area contributed by atoms with Gasteiger partial charge in [0.25, 0.3) is 0 Å². The van der Waals surface area contributed by atoms with Crippen molar-refractivity contribution >= 4 is 12.4 Å². The van der Waals surface area contributed by atoms with Crippen LogP contribution in [0.3, 0.4) is 0 Å². The van der Waals surface area contributed by atoms with E-state index in [0.717, 1.165) is 0 Å². The highest BCUT2D eigenvalue weighted by atomic mass is 35.5. The number of hydrogen-bond acceptors (Lipinski definition) is 1. The molecule has 1 N–H and O–H groups in total. The summed E-state index contributed by atoms with van der Waals surface area (Å²) in [5.74, 6) is 0. The summed E-state index contributed by atoms with van der Waals surface area (Å²) < 4.78 is 0. The predicted octanol–water partition coefficient (Wildman–Crippen LogP) is 3.95. The SMILES string of the molecule is CCC(CC)NC(C)c1ccccc1.Cl. The van der Waals surface area contributed by atoms with Gasteiger partial charge < -0.3 is 5.32 Å². The molecule has 0 fully saturated rings. The Kier molecular flexibility index (Phi) is 7.45. The molecule has 2 heteroatoms. The van der Waals surface area contributed by atoms with Crippen molar-refractivity contribution < 1.29 is 0 Å². The lowest BCUT2D eigenvalue weighted by atomic mass is 10.1. The molecule has 0 bridgehead atoms. The summed E-state index contributed by atoms with van der Waals surface area (Å²) >= 11 is 0. The molecule has 1 atom stereocenters. The Hall–Kier alpha value is -0.530. The summed E-state index contributed by atoms with van der Waals surface area (Å²) in [5, 5.41) is 3.63. The van der Waals surface area contributed by atoms with Crippen LogP contribution in [0.1, 0.15) is 45.2 Å². The third kappa shape index (κ3) is 4.67. The smallest absolute Gasteiger partial charge is 0.0294 e. The molecule has 0 aliphatic rings. The highest BCUT2D eigenvalue weighted by molar-refractivity contribution is 5.85. The summed E-state index contributed by atoms with van der Waals surface area (Å²) in [6, 6.07) is 11.7. The molecule has 0 radical (unpaired) electrons. The minimum atomic E-state index is 0. The number of hydrogen-bond donors (Lipinski definition) is 1. The first-order valence-corrected chi connectivity index (χ1v) is 5.58. The summed E-state index contributed by atoms with van der Waals surface area (Å²) in [6.45, 7) is 6.70. The van der Waals surface area contributed by atoms with E-state index in [1.165, 1.54) is 18.4 Å². The van der Waals surface area contributed by atoms with E-state index < -0.39 is 0 Å². The topological polar surface area (TPSA) is 12.0 Å². The van der Waals surface area contributed by atoms with Crippen molar-refractivity contribution in [3.05, 3.63) is 35.9 Å². The van der Waals surface area contributed by atoms with Crippen molar-refractivity contribution in [1.29, 1.82) is 0 Å². The fourth-order valence-electron chi connectivity index (χ4n) is 1.72. The van der Waals surface area contributed by atoms with Crippen LogP contribution in [0.2, 0.25) is 0 Å². The van der Waals surface area contributed by atoms with Gasteiger partial charge in [-0.3, -0.25) is 0 Å². The second kappa shape index (κ2) is 7.72. The number of halogens is 1. The van der Waals surface area contributed by atoms with Crippen LogP contribution in [-0.4, -0.2) is 6.04 Å². The Bertz CT molecular complexity index is 244. The summed E-state index contributed by atoms with van der Waals surface area (Å²) in [4.78, 5) is 0. The molecule has 1 unspecified atom stereocenters. The quantitative estimate of drug-likeness (QED) is 0.804. The highest BCUT2D eigenvalue weighted by Crippen LogP contribution is 2.13. The Labute approximate surface area is 99.7 Å². The van der Waals surface area contributed by atoms with Gasteiger partial charge in [0.05, 0.1) is 0 Å². The summed E-state index contributed by atoms with van der Waals surface area (Å²) in [6.07, 6.45) is 2.40. The van der Waals surface area contributed by atoms with E-state index in [4.69, 9.17) is 0 Å². The van der Waals surface area contributed by atoms with E-state index in [-0.39, 0.29) is 12.4 Å². The molecule has 0 heterocycles. The minimum absolute atomic E-state index is 0. The van der Waals surface area contributed by atoms with Gasteiger partial charge in [0.2, 0.25) is 0 Å². The minimum Gasteiger partial charge on any atom is -0.307 e. The maximum absolute atomic E-state index is 3.63. The zero-order valence-corrected chi connectivity index (χ0v) is 10.7. The fourth-order valence-corrected chi connectivity index (χ4v) is 1.72. The molecule has 0 spiro atoms. The molecule has 1 rings (SSSR count). The monoisotopic (exact) mass is 227 g/mol. The average Bonchev–Trinajstić information content (AvgIpc) is 2.26. The van der Waals surface area contributed by atoms with Crippen molar-refractivity contribution in [3.8, 4) is 0 Å². The van der Waals surface area contributed by atoms with E-state index >= 15 is 0 Å². The van der Waals surface area contributed by atoms with Crippen molar-refractivity contribution in [1.82, 2.24) is 5.32 Å². The molecule has 0 saturated carbocycles. The van der Waals surface area contributed by atoms with Crippen LogP contribution in [0, 0.1) is 0 Å². The van der Waals surface area contributed by atoms with Gasteiger partial charge in [0.15, 0.2) is 0 Å². The number of benzene rings is 1. The first kappa shape index (κ1) is 14.5. The normalized spacial score (nSPS) is 12.3. The summed E-state index contributed by atoms with van der Waals surface area (Å²) in [5.41, 5.74) is 1.37. The first-order chi connectivity index (χ1) is 6.77. The second-order valence-corrected chi connectivity index (χ2v) is 3.81. The average molecular weight is 228 g/mol. The van der Waals surface area contributed by atoms with Gasteiger partial charge in [0, 0.05) is 12.1 Å². The van der Waals surface area contributed by atoms with Gasteiger partial charge >= 0.3 is 0 Å². The Morgan fingerprint density at radius 3 is 2.07 bits per heavy atom. The zero-order chi connectivity index (χ0) is 10.4. The Morgan fingerprint density at radius 1 is 1.07 bits per heavy atom. The lowest BCUT2D eigenvalue weighted by Crippen LogP contribution is -2.30. The molecular formula is C13H22ClN. The first-order valence-electron chi connectivity index (χ1n) is 5.58. The third-order valence-electron chi connectivity index (χ3n) is 2.77. The Morgan fingerprint density at radius 2 is 1.60 bits per heavy atom. The van der Waals surface area contributed by atoms with E-state index in [9.17, 15) is 0 Å². The van der Waals surface area contributed by atoms with Crippen molar-refractivity contribution in [2.45, 2.75) is 45.7 Å². The van der Waals surface area contributed by atoms with Gasteiger partial charge in [0.1, 0.15) is 0 Å². The highest BCUT2D eigenvalue weighted by Gasteiger charge is 2.08. The van der Waals surface area contributed by atoms with Crippen LogP contribution in [0.15, 0.2) is 30.3 Å². The van der Waals surface area contributed by atoms with Crippen LogP contribution in [-0.2, 0) is 0 Å². The largest absolute Gasteiger partial charge is 0.307 e. The number of nitrogens with one attached hydrogen (secondary N) is 1. The van der Waals surface area contributed by atoms with Crippen LogP contribution < -0.4 is 5.32 Å². The lowest BCUT2D eigenvalue weighted by Gasteiger charge is -2.21. The van der Waals surface area contributed by atoms with Crippen LogP contribution in [0.4, 0.5) is 0 Å². The van der Waals surface area contributed by atoms with Crippen LogP contribution in [0.25, 0.3) is 0 Å². The van der Waals surface area contributed by atoms with Gasteiger partial charge in [-0.2, -0.15) is 0 Å². The summed E-state index contributed by atoms with van der Waals surface area (Å²) in [7, 11) is 0. The van der Waals surface area contributed by atoms with Crippen molar-refractivity contribution in [2.24, 2.45) is 0 Å². The van der Waals surface area contributed by atoms with E-state index in [2.05, 4.69) is 56.4 Å². The van der Waals surface area contributed by atoms with Crippen LogP contribution >= 0.6 is 12.4 Å². The van der Waals surface area contributed by atoms with Gasteiger partial charge in [-0.15, -0.1) is 12.4 Å². The van der Waals surface area contributed by atoms with E-state index in [0.29, 0.717) is 12.1 Å². The standard InChI is InChI=1S/C13H21N.ClH/c1-4-13(5-2)14-11(3)12-9-7-6-8-10-12;/h6-11,13-14H,4-5H2,1-3H3;1H. The van der Waals surface area contributed by atoms with Gasteiger partial charge in [-0.25, -0.2) is 0 Å². The molecule has 0 aromatic heterocycles. The van der Waals surface area contributed by atoms with Crippen LogP contribution in [0.5, 0.6) is 0 Å².